The van der Waals surface area contributed by atoms with Gasteiger partial charge in [0.15, 0.2) is 11.7 Å². The zero-order chi connectivity index (χ0) is 15.8. The topological polar surface area (TPSA) is 79.5 Å². The minimum Gasteiger partial charge on any atom is -0.484 e. The fourth-order valence-electron chi connectivity index (χ4n) is 1.45. The fraction of sp³-hybridized carbons (Fsp3) is 0.357. The summed E-state index contributed by atoms with van der Waals surface area (Å²) in [7, 11) is 0. The second-order valence-corrected chi connectivity index (χ2v) is 5.10. The highest BCUT2D eigenvalue weighted by molar-refractivity contribution is 7.80. The molecule has 7 heteroatoms. The van der Waals surface area contributed by atoms with Crippen molar-refractivity contribution in [2.24, 2.45) is 0 Å². The molecule has 0 aliphatic carbocycles. The van der Waals surface area contributed by atoms with Crippen molar-refractivity contribution in [3.8, 4) is 5.75 Å². The van der Waals surface area contributed by atoms with Crippen LogP contribution in [-0.2, 0) is 9.59 Å². The number of benzene rings is 1. The molecule has 0 saturated carbocycles. The van der Waals surface area contributed by atoms with E-state index in [0.29, 0.717) is 11.7 Å². The van der Waals surface area contributed by atoms with Crippen LogP contribution < -0.4 is 20.9 Å². The number of amides is 2. The number of ether oxygens (including phenoxy) is 1. The largest absolute Gasteiger partial charge is 0.484 e. The summed E-state index contributed by atoms with van der Waals surface area (Å²) < 4.78 is 5.33. The molecule has 0 radical (unpaired) electrons. The van der Waals surface area contributed by atoms with Gasteiger partial charge in [-0.1, -0.05) is 26.0 Å². The first-order valence-corrected chi connectivity index (χ1v) is 6.88. The zero-order valence-electron chi connectivity index (χ0n) is 12.2. The van der Waals surface area contributed by atoms with Gasteiger partial charge in [-0.3, -0.25) is 20.4 Å². The first-order valence-electron chi connectivity index (χ1n) is 6.47. The lowest BCUT2D eigenvalue weighted by molar-refractivity contribution is -0.124. The van der Waals surface area contributed by atoms with Crippen LogP contribution in [0.1, 0.15) is 32.3 Å². The van der Waals surface area contributed by atoms with Crippen LogP contribution in [0.3, 0.4) is 0 Å². The van der Waals surface area contributed by atoms with Crippen LogP contribution in [0.2, 0.25) is 0 Å². The van der Waals surface area contributed by atoms with Crippen molar-refractivity contribution in [3.05, 3.63) is 29.8 Å². The Morgan fingerprint density at radius 1 is 1.19 bits per heavy atom. The third kappa shape index (κ3) is 6.71. The Bertz CT molecular complexity index is 515. The van der Waals surface area contributed by atoms with Gasteiger partial charge in [0.1, 0.15) is 5.75 Å². The van der Waals surface area contributed by atoms with Crippen LogP contribution in [0.25, 0.3) is 0 Å². The van der Waals surface area contributed by atoms with E-state index in [-0.39, 0.29) is 17.6 Å². The summed E-state index contributed by atoms with van der Waals surface area (Å²) in [5.74, 6) is 0.333. The van der Waals surface area contributed by atoms with Gasteiger partial charge >= 0.3 is 0 Å². The smallest absolute Gasteiger partial charge is 0.276 e. The highest BCUT2D eigenvalue weighted by Gasteiger charge is 2.05. The summed E-state index contributed by atoms with van der Waals surface area (Å²) in [6, 6.07) is 7.56. The van der Waals surface area contributed by atoms with Crippen molar-refractivity contribution in [3.63, 3.8) is 0 Å². The number of carbonyl (C=O) groups excluding carboxylic acids is 2. The summed E-state index contributed by atoms with van der Waals surface area (Å²) in [6.07, 6.45) is 0. The molecule has 21 heavy (non-hydrogen) atoms. The molecular weight excluding hydrogens is 290 g/mol. The second kappa shape index (κ2) is 8.21. The minimum atomic E-state index is -0.407. The van der Waals surface area contributed by atoms with Gasteiger partial charge in [0.05, 0.1) is 0 Å². The van der Waals surface area contributed by atoms with E-state index in [1.165, 1.54) is 12.5 Å². The molecule has 0 heterocycles. The second-order valence-electron chi connectivity index (χ2n) is 4.70. The molecule has 6 nitrogen and oxygen atoms in total. The Labute approximate surface area is 129 Å². The number of hydrazine groups is 1. The number of thiocarbonyl (C=S) groups is 1. The molecule has 0 atom stereocenters. The first-order chi connectivity index (χ1) is 9.88. The minimum absolute atomic E-state index is 0.0251. The van der Waals surface area contributed by atoms with E-state index < -0.39 is 5.91 Å². The fourth-order valence-corrected chi connectivity index (χ4v) is 1.65. The van der Waals surface area contributed by atoms with Crippen molar-refractivity contribution < 1.29 is 14.3 Å². The van der Waals surface area contributed by atoms with E-state index in [2.05, 4.69) is 30.0 Å². The molecule has 1 aromatic carbocycles. The molecular formula is C14H19N3O3S. The molecule has 1 aromatic rings. The Morgan fingerprint density at radius 2 is 1.81 bits per heavy atom. The predicted molar refractivity (Wildman–Crippen MR) is 83.7 cm³/mol. The summed E-state index contributed by atoms with van der Waals surface area (Å²) in [5.41, 5.74) is 5.91. The van der Waals surface area contributed by atoms with Crippen molar-refractivity contribution >= 4 is 29.1 Å². The van der Waals surface area contributed by atoms with E-state index in [1.807, 2.05) is 24.3 Å². The molecule has 2 amide bonds. The first kappa shape index (κ1) is 16.9. The SMILES string of the molecule is CC(=O)NC(=S)NNC(=O)COc1ccc(C(C)C)cc1. The average molecular weight is 309 g/mol. The predicted octanol–water partition coefficient (Wildman–Crippen LogP) is 1.23. The molecule has 0 unspecified atom stereocenters. The Morgan fingerprint density at radius 3 is 2.33 bits per heavy atom. The van der Waals surface area contributed by atoms with E-state index in [0.717, 1.165) is 0 Å². The summed E-state index contributed by atoms with van der Waals surface area (Å²) in [6.45, 7) is 5.37. The van der Waals surface area contributed by atoms with Gasteiger partial charge in [-0.25, -0.2) is 0 Å². The summed E-state index contributed by atoms with van der Waals surface area (Å²) in [5, 5.41) is 2.34. The third-order valence-electron chi connectivity index (χ3n) is 2.52. The van der Waals surface area contributed by atoms with Gasteiger partial charge in [-0.05, 0) is 35.8 Å². The van der Waals surface area contributed by atoms with Crippen molar-refractivity contribution in [2.45, 2.75) is 26.7 Å². The molecule has 3 N–H and O–H groups in total. The number of rotatable bonds is 4. The summed E-state index contributed by atoms with van der Waals surface area (Å²) in [4.78, 5) is 22.2. The summed E-state index contributed by atoms with van der Waals surface area (Å²) >= 11 is 4.77. The van der Waals surface area contributed by atoms with Crippen LogP contribution in [0.5, 0.6) is 5.75 Å². The lowest BCUT2D eigenvalue weighted by atomic mass is 10.0. The average Bonchev–Trinajstić information content (AvgIpc) is 2.42. The molecule has 114 valence electrons. The van der Waals surface area contributed by atoms with Crippen LogP contribution >= 0.6 is 12.2 Å². The van der Waals surface area contributed by atoms with Gasteiger partial charge < -0.3 is 10.1 Å². The molecule has 0 bridgehead atoms. The number of nitrogens with one attached hydrogen (secondary N) is 3. The highest BCUT2D eigenvalue weighted by Crippen LogP contribution is 2.18. The molecule has 0 spiro atoms. The van der Waals surface area contributed by atoms with Gasteiger partial charge in [0, 0.05) is 6.92 Å². The molecule has 0 aromatic heterocycles. The Hall–Kier alpha value is -2.15. The quantitative estimate of drug-likeness (QED) is 0.576. The maximum atomic E-state index is 11.5. The van der Waals surface area contributed by atoms with Crippen LogP contribution in [-0.4, -0.2) is 23.5 Å². The lowest BCUT2D eigenvalue weighted by Gasteiger charge is -2.11. The normalized spacial score (nSPS) is 9.90. The van der Waals surface area contributed by atoms with Crippen LogP contribution in [0.15, 0.2) is 24.3 Å². The maximum absolute atomic E-state index is 11.5. The number of hydrogen-bond acceptors (Lipinski definition) is 4. The number of hydrogen-bond donors (Lipinski definition) is 3. The standard InChI is InChI=1S/C14H19N3O3S/c1-9(2)11-4-6-12(7-5-11)20-8-13(19)16-17-14(21)15-10(3)18/h4-7,9H,8H2,1-3H3,(H,16,19)(H2,15,17,18,21). The number of carbonyl (C=O) groups is 2. The van der Waals surface area contributed by atoms with Gasteiger partial charge in [-0.15, -0.1) is 0 Å². The monoisotopic (exact) mass is 309 g/mol. The van der Waals surface area contributed by atoms with Crippen LogP contribution in [0, 0.1) is 0 Å². The molecule has 1 rings (SSSR count). The van der Waals surface area contributed by atoms with E-state index in [4.69, 9.17) is 17.0 Å². The van der Waals surface area contributed by atoms with Gasteiger partial charge in [0.2, 0.25) is 5.91 Å². The Kier molecular flexibility index (Phi) is 6.61. The third-order valence-corrected chi connectivity index (χ3v) is 2.73. The zero-order valence-corrected chi connectivity index (χ0v) is 13.0. The molecule has 0 saturated heterocycles. The highest BCUT2D eigenvalue weighted by atomic mass is 32.1. The molecule has 0 fully saturated rings. The maximum Gasteiger partial charge on any atom is 0.276 e. The van der Waals surface area contributed by atoms with Crippen molar-refractivity contribution in [2.75, 3.05) is 6.61 Å². The van der Waals surface area contributed by atoms with Crippen LogP contribution in [0.4, 0.5) is 0 Å². The molecule has 0 aliphatic heterocycles. The Balaban J connectivity index is 2.32. The lowest BCUT2D eigenvalue weighted by Crippen LogP contribution is -2.49. The van der Waals surface area contributed by atoms with E-state index in [1.54, 1.807) is 0 Å². The molecule has 0 aliphatic rings. The van der Waals surface area contributed by atoms with E-state index >= 15 is 0 Å². The van der Waals surface area contributed by atoms with Gasteiger partial charge in [0.25, 0.3) is 5.91 Å². The van der Waals surface area contributed by atoms with Crippen molar-refractivity contribution in [1.82, 2.24) is 16.2 Å². The van der Waals surface area contributed by atoms with E-state index in [9.17, 15) is 9.59 Å². The van der Waals surface area contributed by atoms with Gasteiger partial charge in [-0.2, -0.15) is 0 Å². The van der Waals surface area contributed by atoms with Crippen molar-refractivity contribution in [1.29, 1.82) is 0 Å².